The lowest BCUT2D eigenvalue weighted by molar-refractivity contribution is -0.125. The van der Waals surface area contributed by atoms with Gasteiger partial charge in [0.2, 0.25) is 11.8 Å². The van der Waals surface area contributed by atoms with Gasteiger partial charge in [0.15, 0.2) is 0 Å². The predicted molar refractivity (Wildman–Crippen MR) is 86.8 cm³/mol. The summed E-state index contributed by atoms with van der Waals surface area (Å²) in [7, 11) is 0. The van der Waals surface area contributed by atoms with Crippen LogP contribution in [0.4, 0.5) is 10.1 Å². The first kappa shape index (κ1) is 16.1. The number of halogens is 1. The first-order valence-electron chi connectivity index (χ1n) is 7.64. The highest BCUT2D eigenvalue weighted by Crippen LogP contribution is 2.34. The Labute approximate surface area is 138 Å². The molecule has 2 unspecified atom stereocenters. The quantitative estimate of drug-likeness (QED) is 0.786. The molecule has 1 aliphatic rings. The number of aliphatic hydroxyl groups excluding tert-OH is 1. The largest absolute Gasteiger partial charge is 0.387 e. The fourth-order valence-corrected chi connectivity index (χ4v) is 2.75. The van der Waals surface area contributed by atoms with Gasteiger partial charge in [-0.15, -0.1) is 0 Å². The van der Waals surface area contributed by atoms with Crippen molar-refractivity contribution in [3.05, 3.63) is 65.5 Å². The van der Waals surface area contributed by atoms with Crippen LogP contribution in [-0.4, -0.2) is 23.5 Å². The molecule has 24 heavy (non-hydrogen) atoms. The molecule has 0 spiro atoms. The number of aliphatic hydroxyl groups is 1. The van der Waals surface area contributed by atoms with E-state index in [4.69, 9.17) is 0 Å². The Morgan fingerprint density at radius 1 is 1.21 bits per heavy atom. The SMILES string of the molecule is O=C(CC1C(=O)Nc2ccccc21)NCC(O)c1ccc(F)cc1. The van der Waals surface area contributed by atoms with Crippen LogP contribution in [0.5, 0.6) is 0 Å². The molecule has 0 aromatic heterocycles. The van der Waals surface area contributed by atoms with E-state index >= 15 is 0 Å². The maximum Gasteiger partial charge on any atom is 0.232 e. The third kappa shape index (κ3) is 3.44. The van der Waals surface area contributed by atoms with E-state index in [1.165, 1.54) is 24.3 Å². The average molecular weight is 328 g/mol. The molecule has 2 aromatic rings. The molecule has 0 radical (unpaired) electrons. The minimum atomic E-state index is -0.931. The van der Waals surface area contributed by atoms with E-state index in [-0.39, 0.29) is 30.6 Å². The third-order valence-electron chi connectivity index (χ3n) is 4.05. The van der Waals surface area contributed by atoms with Gasteiger partial charge < -0.3 is 15.7 Å². The van der Waals surface area contributed by atoms with Crippen LogP contribution in [0.15, 0.2) is 48.5 Å². The summed E-state index contributed by atoms with van der Waals surface area (Å²) in [5.74, 6) is -1.44. The van der Waals surface area contributed by atoms with Crippen molar-refractivity contribution >= 4 is 17.5 Å². The molecule has 0 saturated heterocycles. The molecule has 3 N–H and O–H groups in total. The summed E-state index contributed by atoms with van der Waals surface area (Å²) in [6, 6.07) is 12.7. The van der Waals surface area contributed by atoms with Gasteiger partial charge in [-0.2, -0.15) is 0 Å². The minimum absolute atomic E-state index is 0.000448. The van der Waals surface area contributed by atoms with Crippen molar-refractivity contribution in [3.8, 4) is 0 Å². The number of anilines is 1. The molecule has 2 atom stereocenters. The molecule has 1 heterocycles. The van der Waals surface area contributed by atoms with Crippen molar-refractivity contribution in [3.63, 3.8) is 0 Å². The minimum Gasteiger partial charge on any atom is -0.387 e. The molecule has 0 aliphatic carbocycles. The maximum absolute atomic E-state index is 12.9. The summed E-state index contributed by atoms with van der Waals surface area (Å²) in [5, 5.41) is 15.4. The van der Waals surface area contributed by atoms with Gasteiger partial charge in [0.05, 0.1) is 12.0 Å². The van der Waals surface area contributed by atoms with E-state index in [2.05, 4.69) is 10.6 Å². The van der Waals surface area contributed by atoms with E-state index in [1.807, 2.05) is 18.2 Å². The molecular weight excluding hydrogens is 311 g/mol. The zero-order valence-electron chi connectivity index (χ0n) is 12.8. The average Bonchev–Trinajstić information content (AvgIpc) is 2.89. The van der Waals surface area contributed by atoms with Crippen molar-refractivity contribution in [1.82, 2.24) is 5.32 Å². The standard InChI is InChI=1S/C18H17FN2O3/c19-12-7-5-11(6-8-12)16(22)10-20-17(23)9-14-13-3-1-2-4-15(13)21-18(14)24/h1-8,14,16,22H,9-10H2,(H,20,23)(H,21,24). The Kier molecular flexibility index (Phi) is 4.57. The molecular formula is C18H17FN2O3. The van der Waals surface area contributed by atoms with E-state index in [0.717, 1.165) is 11.3 Å². The highest BCUT2D eigenvalue weighted by Gasteiger charge is 2.31. The molecule has 2 aromatic carbocycles. The van der Waals surface area contributed by atoms with Gasteiger partial charge in [-0.1, -0.05) is 30.3 Å². The number of amides is 2. The second kappa shape index (κ2) is 6.80. The van der Waals surface area contributed by atoms with Crippen LogP contribution < -0.4 is 10.6 Å². The Morgan fingerprint density at radius 2 is 1.92 bits per heavy atom. The first-order chi connectivity index (χ1) is 11.5. The van der Waals surface area contributed by atoms with Crippen LogP contribution in [0.25, 0.3) is 0 Å². The molecule has 6 heteroatoms. The topological polar surface area (TPSA) is 78.4 Å². The Hall–Kier alpha value is -2.73. The molecule has 2 amide bonds. The summed E-state index contributed by atoms with van der Waals surface area (Å²) in [6.45, 7) is 0.000448. The summed E-state index contributed by atoms with van der Waals surface area (Å²) >= 11 is 0. The zero-order valence-corrected chi connectivity index (χ0v) is 12.8. The number of rotatable bonds is 5. The Bertz CT molecular complexity index is 761. The zero-order chi connectivity index (χ0) is 17.1. The lowest BCUT2D eigenvalue weighted by Crippen LogP contribution is -2.30. The molecule has 0 saturated carbocycles. The van der Waals surface area contributed by atoms with Crippen LogP contribution in [0.1, 0.15) is 29.6 Å². The highest BCUT2D eigenvalue weighted by atomic mass is 19.1. The number of benzene rings is 2. The van der Waals surface area contributed by atoms with E-state index in [1.54, 1.807) is 6.07 Å². The lowest BCUT2D eigenvalue weighted by atomic mass is 9.97. The summed E-state index contributed by atoms with van der Waals surface area (Å²) in [5.41, 5.74) is 2.05. The van der Waals surface area contributed by atoms with Crippen LogP contribution in [-0.2, 0) is 9.59 Å². The molecule has 124 valence electrons. The normalized spacial score (nSPS) is 17.1. The maximum atomic E-state index is 12.9. The predicted octanol–water partition coefficient (Wildman–Crippen LogP) is 2.10. The summed E-state index contributed by atoms with van der Waals surface area (Å²) < 4.78 is 12.9. The number of nitrogens with one attached hydrogen (secondary N) is 2. The summed E-state index contributed by atoms with van der Waals surface area (Å²) in [4.78, 5) is 24.1. The number of para-hydroxylation sites is 1. The van der Waals surface area contributed by atoms with Crippen molar-refractivity contribution in [2.45, 2.75) is 18.4 Å². The van der Waals surface area contributed by atoms with E-state index < -0.39 is 12.0 Å². The number of hydrogen-bond donors (Lipinski definition) is 3. The van der Waals surface area contributed by atoms with Crippen molar-refractivity contribution in [2.75, 3.05) is 11.9 Å². The Balaban J connectivity index is 1.56. The smallest absolute Gasteiger partial charge is 0.232 e. The first-order valence-corrected chi connectivity index (χ1v) is 7.64. The van der Waals surface area contributed by atoms with Gasteiger partial charge in [0.25, 0.3) is 0 Å². The van der Waals surface area contributed by atoms with Gasteiger partial charge in [-0.05, 0) is 29.3 Å². The van der Waals surface area contributed by atoms with Crippen LogP contribution >= 0.6 is 0 Å². The van der Waals surface area contributed by atoms with Gasteiger partial charge in [-0.3, -0.25) is 9.59 Å². The fraction of sp³-hybridized carbons (Fsp3) is 0.222. The van der Waals surface area contributed by atoms with Gasteiger partial charge in [0.1, 0.15) is 5.82 Å². The number of hydrogen-bond acceptors (Lipinski definition) is 3. The molecule has 5 nitrogen and oxygen atoms in total. The second-order valence-electron chi connectivity index (χ2n) is 5.70. The van der Waals surface area contributed by atoms with Crippen molar-refractivity contribution < 1.29 is 19.1 Å². The van der Waals surface area contributed by atoms with Crippen molar-refractivity contribution in [1.29, 1.82) is 0 Å². The second-order valence-corrected chi connectivity index (χ2v) is 5.70. The molecule has 3 rings (SSSR count). The molecule has 0 fully saturated rings. The van der Waals surface area contributed by atoms with Crippen LogP contribution in [0.3, 0.4) is 0 Å². The van der Waals surface area contributed by atoms with Crippen LogP contribution in [0, 0.1) is 5.82 Å². The summed E-state index contributed by atoms with van der Waals surface area (Å²) in [6.07, 6.45) is -0.918. The van der Waals surface area contributed by atoms with Crippen LogP contribution in [0.2, 0.25) is 0 Å². The van der Waals surface area contributed by atoms with Gasteiger partial charge in [-0.25, -0.2) is 4.39 Å². The van der Waals surface area contributed by atoms with E-state index in [0.29, 0.717) is 5.56 Å². The number of carbonyl (C=O) groups excluding carboxylic acids is 2. The highest BCUT2D eigenvalue weighted by molar-refractivity contribution is 6.04. The fourth-order valence-electron chi connectivity index (χ4n) is 2.75. The molecule has 0 bridgehead atoms. The number of carbonyl (C=O) groups is 2. The van der Waals surface area contributed by atoms with Gasteiger partial charge >= 0.3 is 0 Å². The lowest BCUT2D eigenvalue weighted by Gasteiger charge is -2.14. The van der Waals surface area contributed by atoms with Crippen molar-refractivity contribution in [2.24, 2.45) is 0 Å². The monoisotopic (exact) mass is 328 g/mol. The van der Waals surface area contributed by atoms with E-state index in [9.17, 15) is 19.1 Å². The van der Waals surface area contributed by atoms with Gasteiger partial charge in [0, 0.05) is 18.7 Å². The number of fused-ring (bicyclic) bond motifs is 1. The molecule has 1 aliphatic heterocycles. The Morgan fingerprint density at radius 3 is 2.67 bits per heavy atom. The third-order valence-corrected chi connectivity index (χ3v) is 4.05.